The molecule has 7 heteroatoms. The lowest BCUT2D eigenvalue weighted by molar-refractivity contribution is -0.140. The van der Waals surface area contributed by atoms with E-state index in [1.807, 2.05) is 25.7 Å². The van der Waals surface area contributed by atoms with Crippen molar-refractivity contribution in [1.82, 2.24) is 14.6 Å². The van der Waals surface area contributed by atoms with Gasteiger partial charge in [0, 0.05) is 31.1 Å². The number of nitrogens with one attached hydrogen (secondary N) is 1. The normalized spacial score (nSPS) is 16.9. The summed E-state index contributed by atoms with van der Waals surface area (Å²) >= 11 is 7.55. The molecule has 124 valence electrons. The van der Waals surface area contributed by atoms with E-state index in [0.29, 0.717) is 23.5 Å². The molecule has 1 N–H and O–H groups in total. The predicted molar refractivity (Wildman–Crippen MR) is 89.6 cm³/mol. The Morgan fingerprint density at radius 3 is 2.59 bits per heavy atom. The van der Waals surface area contributed by atoms with E-state index < -0.39 is 0 Å². The van der Waals surface area contributed by atoms with E-state index in [0.717, 1.165) is 30.8 Å². The van der Waals surface area contributed by atoms with Crippen LogP contribution in [-0.2, 0) is 11.3 Å². The van der Waals surface area contributed by atoms with Gasteiger partial charge >= 0.3 is 0 Å². The fourth-order valence-electron chi connectivity index (χ4n) is 2.53. The number of halogens is 1. The maximum Gasteiger partial charge on any atom is 0.244 e. The molecule has 22 heavy (non-hydrogen) atoms. The minimum Gasteiger partial charge on any atom is -0.479 e. The zero-order chi connectivity index (χ0) is 16.3. The van der Waals surface area contributed by atoms with Gasteiger partial charge in [0.1, 0.15) is 5.02 Å². The molecule has 1 aliphatic heterocycles. The van der Waals surface area contributed by atoms with E-state index in [1.54, 1.807) is 7.11 Å². The molecule has 1 aromatic rings. The number of methoxy groups -OCH3 is 1. The zero-order valence-corrected chi connectivity index (χ0v) is 15.2. The summed E-state index contributed by atoms with van der Waals surface area (Å²) in [5.74, 6) is 0.732. The lowest BCUT2D eigenvalue weighted by atomic mass is 9.93. The molecular formula is C15H24ClN3O2S. The summed E-state index contributed by atoms with van der Waals surface area (Å²) in [5.41, 5.74) is -0.299. The van der Waals surface area contributed by atoms with Gasteiger partial charge in [-0.1, -0.05) is 32.4 Å². The van der Waals surface area contributed by atoms with Crippen LogP contribution in [0.1, 0.15) is 38.5 Å². The molecule has 1 fully saturated rings. The second-order valence-electron chi connectivity index (χ2n) is 6.63. The zero-order valence-electron chi connectivity index (χ0n) is 13.6. The Hall–Kier alpha value is -0.850. The van der Waals surface area contributed by atoms with Gasteiger partial charge in [-0.2, -0.15) is 4.37 Å². The summed E-state index contributed by atoms with van der Waals surface area (Å²) in [6, 6.07) is 0.410. The van der Waals surface area contributed by atoms with Crippen LogP contribution in [0.5, 0.6) is 5.88 Å². The van der Waals surface area contributed by atoms with Crippen LogP contribution in [0.4, 0.5) is 0 Å². The van der Waals surface area contributed by atoms with E-state index >= 15 is 0 Å². The van der Waals surface area contributed by atoms with Crippen LogP contribution in [0.2, 0.25) is 5.02 Å². The highest BCUT2D eigenvalue weighted by Crippen LogP contribution is 2.30. The number of rotatable bonds is 4. The molecule has 5 nitrogen and oxygen atoms in total. The Bertz CT molecular complexity index is 519. The van der Waals surface area contributed by atoms with E-state index in [4.69, 9.17) is 16.3 Å². The molecule has 1 aromatic heterocycles. The third-order valence-corrected chi connectivity index (χ3v) is 5.17. The van der Waals surface area contributed by atoms with E-state index in [-0.39, 0.29) is 11.3 Å². The highest BCUT2D eigenvalue weighted by molar-refractivity contribution is 7.06. The van der Waals surface area contributed by atoms with E-state index in [1.165, 1.54) is 11.5 Å². The van der Waals surface area contributed by atoms with Crippen molar-refractivity contribution in [2.24, 2.45) is 5.41 Å². The van der Waals surface area contributed by atoms with Gasteiger partial charge in [0.15, 0.2) is 0 Å². The van der Waals surface area contributed by atoms with E-state index in [2.05, 4.69) is 9.69 Å². The number of carbonyl (C=O) groups is 1. The maximum atomic E-state index is 12.3. The first kappa shape index (κ1) is 17.5. The van der Waals surface area contributed by atoms with Crippen LogP contribution in [-0.4, -0.2) is 41.4 Å². The standard InChI is InChI=1S/C15H24ClN3O2S/c1-15(2,3)14(20)19-7-5-10(6-8-19)17-9-11-12(16)13(21-4)18-22-11/h10,17H,5-9H2,1-4H3. The van der Waals surface area contributed by atoms with Gasteiger partial charge in [-0.3, -0.25) is 4.79 Å². The Morgan fingerprint density at radius 1 is 1.45 bits per heavy atom. The number of hydrogen-bond donors (Lipinski definition) is 1. The summed E-state index contributed by atoms with van der Waals surface area (Å²) in [7, 11) is 1.57. The van der Waals surface area contributed by atoms with Crippen molar-refractivity contribution in [3.05, 3.63) is 9.90 Å². The number of piperidine rings is 1. The first-order valence-electron chi connectivity index (χ1n) is 7.53. The van der Waals surface area contributed by atoms with Crippen LogP contribution in [0, 0.1) is 5.41 Å². The number of nitrogens with zero attached hydrogens (tertiary/aromatic N) is 2. The number of likely N-dealkylation sites (tertiary alicyclic amines) is 1. The Balaban J connectivity index is 1.80. The Morgan fingerprint density at radius 2 is 2.09 bits per heavy atom. The van der Waals surface area contributed by atoms with Crippen LogP contribution in [0.15, 0.2) is 0 Å². The molecule has 1 saturated heterocycles. The molecule has 0 unspecified atom stereocenters. The maximum absolute atomic E-state index is 12.3. The van der Waals surface area contributed by atoms with Crippen LogP contribution in [0.25, 0.3) is 0 Å². The lowest BCUT2D eigenvalue weighted by Gasteiger charge is -2.36. The second-order valence-corrected chi connectivity index (χ2v) is 7.86. The summed E-state index contributed by atoms with van der Waals surface area (Å²) in [6.45, 7) is 8.23. The van der Waals surface area contributed by atoms with Crippen LogP contribution in [0.3, 0.4) is 0 Å². The molecule has 0 spiro atoms. The number of ether oxygens (including phenoxy) is 1. The third kappa shape index (κ3) is 4.12. The minimum atomic E-state index is -0.299. The van der Waals surface area contributed by atoms with Gasteiger partial charge in [-0.05, 0) is 24.4 Å². The van der Waals surface area contributed by atoms with Crippen LogP contribution >= 0.6 is 23.1 Å². The van der Waals surface area contributed by atoms with Gasteiger partial charge in [0.2, 0.25) is 11.8 Å². The van der Waals surface area contributed by atoms with Crippen molar-refractivity contribution < 1.29 is 9.53 Å². The third-order valence-electron chi connectivity index (χ3n) is 3.84. The fraction of sp³-hybridized carbons (Fsp3) is 0.733. The van der Waals surface area contributed by atoms with Gasteiger partial charge < -0.3 is 15.0 Å². The van der Waals surface area contributed by atoms with Crippen molar-refractivity contribution in [1.29, 1.82) is 0 Å². The summed E-state index contributed by atoms with van der Waals surface area (Å²) in [6.07, 6.45) is 1.94. The van der Waals surface area contributed by atoms with Crippen molar-refractivity contribution in [3.8, 4) is 5.88 Å². The first-order valence-corrected chi connectivity index (χ1v) is 8.69. The molecule has 0 bridgehead atoms. The summed E-state index contributed by atoms with van der Waals surface area (Å²) < 4.78 is 9.24. The molecule has 2 rings (SSSR count). The SMILES string of the molecule is COc1nsc(CNC2CCN(C(=O)C(C)(C)C)CC2)c1Cl. The largest absolute Gasteiger partial charge is 0.479 e. The molecule has 0 saturated carbocycles. The van der Waals surface area contributed by atoms with Crippen molar-refractivity contribution in [2.45, 2.75) is 46.2 Å². The van der Waals surface area contributed by atoms with Gasteiger partial charge in [0.05, 0.1) is 12.0 Å². The Kier molecular flexibility index (Phi) is 5.69. The molecule has 0 aromatic carbocycles. The average molecular weight is 346 g/mol. The Labute approximate surface area is 141 Å². The lowest BCUT2D eigenvalue weighted by Crippen LogP contribution is -2.48. The van der Waals surface area contributed by atoms with Crippen molar-refractivity contribution in [2.75, 3.05) is 20.2 Å². The van der Waals surface area contributed by atoms with Gasteiger partial charge in [-0.25, -0.2) is 0 Å². The molecule has 0 aliphatic carbocycles. The number of amides is 1. The van der Waals surface area contributed by atoms with Gasteiger partial charge in [-0.15, -0.1) is 0 Å². The quantitative estimate of drug-likeness (QED) is 0.911. The van der Waals surface area contributed by atoms with Crippen molar-refractivity contribution in [3.63, 3.8) is 0 Å². The molecule has 1 aliphatic rings. The first-order chi connectivity index (χ1) is 10.3. The van der Waals surface area contributed by atoms with Crippen molar-refractivity contribution >= 4 is 29.0 Å². The molecule has 0 radical (unpaired) electrons. The molecule has 1 amide bonds. The topological polar surface area (TPSA) is 54.5 Å². The number of hydrogen-bond acceptors (Lipinski definition) is 5. The van der Waals surface area contributed by atoms with Crippen LogP contribution < -0.4 is 10.1 Å². The predicted octanol–water partition coefficient (Wildman–Crippen LogP) is 2.93. The highest BCUT2D eigenvalue weighted by atomic mass is 35.5. The van der Waals surface area contributed by atoms with Gasteiger partial charge in [0.25, 0.3) is 0 Å². The number of carbonyl (C=O) groups excluding carboxylic acids is 1. The summed E-state index contributed by atoms with van der Waals surface area (Å²) in [4.78, 5) is 15.2. The van der Waals surface area contributed by atoms with E-state index in [9.17, 15) is 4.79 Å². The monoisotopic (exact) mass is 345 g/mol. The minimum absolute atomic E-state index is 0.237. The average Bonchev–Trinajstić information content (AvgIpc) is 2.84. The smallest absolute Gasteiger partial charge is 0.244 e. The fourth-order valence-corrected chi connectivity index (χ4v) is 3.54. The highest BCUT2D eigenvalue weighted by Gasteiger charge is 2.30. The molecule has 0 atom stereocenters. The molecular weight excluding hydrogens is 322 g/mol. The second kappa shape index (κ2) is 7.15. The number of aromatic nitrogens is 1. The molecule has 2 heterocycles. The summed E-state index contributed by atoms with van der Waals surface area (Å²) in [5, 5.41) is 4.10.